The van der Waals surface area contributed by atoms with Crippen LogP contribution in [0.3, 0.4) is 0 Å². The lowest BCUT2D eigenvalue weighted by Crippen LogP contribution is -2.31. The minimum Gasteiger partial charge on any atom is -0.426 e. The summed E-state index contributed by atoms with van der Waals surface area (Å²) in [4.78, 5) is 12.3. The molecule has 0 atom stereocenters. The molecule has 0 unspecified atom stereocenters. The van der Waals surface area contributed by atoms with E-state index >= 15 is 0 Å². The Morgan fingerprint density at radius 2 is 1.48 bits per heavy atom. The Balaban J connectivity index is 1.33. The summed E-state index contributed by atoms with van der Waals surface area (Å²) in [5.74, 6) is -4.94. The van der Waals surface area contributed by atoms with Crippen LogP contribution in [0.2, 0.25) is 0 Å². The fraction of sp³-hybridized carbons (Fsp3) is 0.708. The van der Waals surface area contributed by atoms with Crippen LogP contribution in [0, 0.1) is 29.3 Å². The molecule has 0 spiro atoms. The van der Waals surface area contributed by atoms with Crippen molar-refractivity contribution in [1.29, 1.82) is 0 Å². The van der Waals surface area contributed by atoms with Crippen LogP contribution in [0.4, 0.5) is 13.2 Å². The van der Waals surface area contributed by atoms with Crippen LogP contribution in [0.5, 0.6) is 5.75 Å². The van der Waals surface area contributed by atoms with Gasteiger partial charge in [0.2, 0.25) is 0 Å². The maximum absolute atomic E-state index is 13.3. The molecule has 0 saturated heterocycles. The first-order valence-electron chi connectivity index (χ1n) is 11.6. The number of halogens is 3. The van der Waals surface area contributed by atoms with Gasteiger partial charge in [0.25, 0.3) is 0 Å². The summed E-state index contributed by atoms with van der Waals surface area (Å²) >= 11 is 0. The van der Waals surface area contributed by atoms with Crippen molar-refractivity contribution < 1.29 is 32.2 Å². The first kappa shape index (κ1) is 24.1. The lowest BCUT2D eigenvalue weighted by Gasteiger charge is -2.31. The Morgan fingerprint density at radius 3 is 2.10 bits per heavy atom. The Morgan fingerprint density at radius 1 is 0.903 bits per heavy atom. The molecule has 1 aromatic rings. The highest BCUT2D eigenvalue weighted by molar-refractivity contribution is 5.75. The summed E-state index contributed by atoms with van der Waals surface area (Å²) in [6.07, 6.45) is 9.97. The molecule has 0 aromatic heterocycles. The topological polar surface area (TPSA) is 44.8 Å². The molecule has 0 N–H and O–H groups in total. The maximum Gasteiger partial charge on any atom is 0.314 e. The van der Waals surface area contributed by atoms with Crippen LogP contribution in [-0.2, 0) is 14.3 Å². The molecular weight excluding hydrogens is 409 g/mol. The zero-order valence-corrected chi connectivity index (χ0v) is 18.2. The molecule has 2 fully saturated rings. The van der Waals surface area contributed by atoms with Crippen LogP contribution in [0.1, 0.15) is 71.1 Å². The lowest BCUT2D eigenvalue weighted by atomic mass is 9.86. The molecule has 0 radical (unpaired) electrons. The second kappa shape index (κ2) is 11.9. The largest absolute Gasteiger partial charge is 0.426 e. The smallest absolute Gasteiger partial charge is 0.314 e. The van der Waals surface area contributed by atoms with Crippen LogP contribution in [0.25, 0.3) is 0 Å². The lowest BCUT2D eigenvalue weighted by molar-refractivity contribution is -0.141. The zero-order valence-electron chi connectivity index (χ0n) is 18.2. The van der Waals surface area contributed by atoms with E-state index in [1.165, 1.54) is 0 Å². The Bertz CT molecular complexity index is 688. The molecule has 2 saturated carbocycles. The number of esters is 1. The number of hydrogen-bond acceptors (Lipinski definition) is 4. The minimum absolute atomic E-state index is 0.128. The van der Waals surface area contributed by atoms with Crippen LogP contribution in [0.15, 0.2) is 12.1 Å². The number of carbonyl (C=O) groups is 1. The van der Waals surface area contributed by atoms with Gasteiger partial charge in [-0.25, -0.2) is 13.2 Å². The molecular formula is C24H33F3O4. The maximum atomic E-state index is 13.3. The van der Waals surface area contributed by atoms with Crippen molar-refractivity contribution in [2.45, 2.75) is 83.3 Å². The zero-order chi connectivity index (χ0) is 22.2. The predicted molar refractivity (Wildman–Crippen MR) is 110 cm³/mol. The van der Waals surface area contributed by atoms with Gasteiger partial charge < -0.3 is 14.2 Å². The fourth-order valence-corrected chi connectivity index (χ4v) is 4.39. The van der Waals surface area contributed by atoms with E-state index in [-0.39, 0.29) is 17.8 Å². The molecule has 0 amide bonds. The third-order valence-electron chi connectivity index (χ3n) is 6.40. The second-order valence-corrected chi connectivity index (χ2v) is 8.80. The fourth-order valence-electron chi connectivity index (χ4n) is 4.39. The molecule has 0 aliphatic heterocycles. The Hall–Kier alpha value is -1.60. The van der Waals surface area contributed by atoms with Crippen molar-refractivity contribution in [2.75, 3.05) is 13.2 Å². The predicted octanol–water partition coefficient (Wildman–Crippen LogP) is 5.96. The van der Waals surface area contributed by atoms with E-state index in [1.54, 1.807) is 0 Å². The van der Waals surface area contributed by atoms with Gasteiger partial charge in [-0.1, -0.05) is 13.3 Å². The molecule has 174 valence electrons. The first-order chi connectivity index (χ1) is 15.0. The highest BCUT2D eigenvalue weighted by Gasteiger charge is 2.30. The molecule has 2 aliphatic rings. The van der Waals surface area contributed by atoms with E-state index in [0.717, 1.165) is 64.6 Å². The van der Waals surface area contributed by atoms with Crippen molar-refractivity contribution in [2.24, 2.45) is 11.8 Å². The van der Waals surface area contributed by atoms with Crippen LogP contribution < -0.4 is 4.74 Å². The number of carbonyl (C=O) groups excluding carboxylic acids is 1. The third kappa shape index (κ3) is 7.21. The van der Waals surface area contributed by atoms with E-state index in [9.17, 15) is 18.0 Å². The first-order valence-corrected chi connectivity index (χ1v) is 11.6. The summed E-state index contributed by atoms with van der Waals surface area (Å²) in [6.45, 7) is 3.77. The second-order valence-electron chi connectivity index (χ2n) is 8.80. The summed E-state index contributed by atoms with van der Waals surface area (Å²) in [5.41, 5.74) is 0. The summed E-state index contributed by atoms with van der Waals surface area (Å²) < 4.78 is 56.7. The van der Waals surface area contributed by atoms with Gasteiger partial charge in [-0.05, 0) is 63.7 Å². The molecule has 4 nitrogen and oxygen atoms in total. The number of unbranched alkanes of at least 4 members (excludes halogenated alkanes) is 1. The van der Waals surface area contributed by atoms with Crippen molar-refractivity contribution in [3.05, 3.63) is 29.6 Å². The van der Waals surface area contributed by atoms with Gasteiger partial charge in [0.1, 0.15) is 5.75 Å². The Labute approximate surface area is 182 Å². The van der Waals surface area contributed by atoms with Gasteiger partial charge in [0.15, 0.2) is 17.5 Å². The van der Waals surface area contributed by atoms with E-state index in [4.69, 9.17) is 14.2 Å². The third-order valence-corrected chi connectivity index (χ3v) is 6.40. The summed E-state index contributed by atoms with van der Waals surface area (Å²) in [7, 11) is 0. The van der Waals surface area contributed by atoms with Crippen LogP contribution in [-0.4, -0.2) is 31.4 Å². The van der Waals surface area contributed by atoms with E-state index < -0.39 is 23.4 Å². The van der Waals surface area contributed by atoms with Gasteiger partial charge in [0, 0.05) is 25.3 Å². The quantitative estimate of drug-likeness (QED) is 0.205. The standard InChI is InChI=1S/C24H33F3O4/c1-2-3-12-29-18-8-4-16(5-9-18)15-30-19-10-6-17(7-11-19)24(28)31-20-13-21(25)23(27)22(26)14-20/h13-14,16-19H,2-12,15H2,1H3. The van der Waals surface area contributed by atoms with Gasteiger partial charge in [-0.3, -0.25) is 4.79 Å². The van der Waals surface area contributed by atoms with Gasteiger partial charge in [0.05, 0.1) is 18.1 Å². The van der Waals surface area contributed by atoms with E-state index in [0.29, 0.717) is 37.0 Å². The average molecular weight is 443 g/mol. The number of rotatable bonds is 9. The number of ether oxygens (including phenoxy) is 3. The normalized spacial score (nSPS) is 26.6. The molecule has 7 heteroatoms. The van der Waals surface area contributed by atoms with E-state index in [2.05, 4.69) is 6.92 Å². The molecule has 0 heterocycles. The monoisotopic (exact) mass is 442 g/mol. The SMILES string of the molecule is CCCCOC1CCC(COC2CCC(C(=O)Oc3cc(F)c(F)c(F)c3)CC2)CC1. The van der Waals surface area contributed by atoms with Crippen molar-refractivity contribution in [1.82, 2.24) is 0 Å². The van der Waals surface area contributed by atoms with Crippen molar-refractivity contribution >= 4 is 5.97 Å². The van der Waals surface area contributed by atoms with Gasteiger partial charge in [-0.15, -0.1) is 0 Å². The molecule has 0 bridgehead atoms. The molecule has 3 rings (SSSR count). The Kier molecular flexibility index (Phi) is 9.20. The van der Waals surface area contributed by atoms with Gasteiger partial charge in [-0.2, -0.15) is 0 Å². The molecule has 2 aliphatic carbocycles. The van der Waals surface area contributed by atoms with Crippen LogP contribution >= 0.6 is 0 Å². The van der Waals surface area contributed by atoms with Gasteiger partial charge >= 0.3 is 5.97 Å². The molecule has 1 aromatic carbocycles. The highest BCUT2D eigenvalue weighted by atomic mass is 19.2. The highest BCUT2D eigenvalue weighted by Crippen LogP contribution is 2.31. The summed E-state index contributed by atoms with van der Waals surface area (Å²) in [5, 5.41) is 0. The molecule has 31 heavy (non-hydrogen) atoms. The van der Waals surface area contributed by atoms with E-state index in [1.807, 2.05) is 0 Å². The minimum atomic E-state index is -1.57. The summed E-state index contributed by atoms with van der Waals surface area (Å²) in [6, 6.07) is 1.38. The average Bonchev–Trinajstić information content (AvgIpc) is 2.77. The number of benzene rings is 1. The van der Waals surface area contributed by atoms with Crippen molar-refractivity contribution in [3.63, 3.8) is 0 Å². The number of hydrogen-bond donors (Lipinski definition) is 0. The van der Waals surface area contributed by atoms with Crippen molar-refractivity contribution in [3.8, 4) is 5.75 Å².